The Hall–Kier alpha value is -1.09. The predicted molar refractivity (Wildman–Crippen MR) is 88.3 cm³/mol. The van der Waals surface area contributed by atoms with Crippen LogP contribution in [0.1, 0.15) is 57.9 Å². The highest BCUT2D eigenvalue weighted by molar-refractivity contribution is 5.55. The van der Waals surface area contributed by atoms with Gasteiger partial charge >= 0.3 is 0 Å². The van der Waals surface area contributed by atoms with E-state index in [2.05, 4.69) is 30.1 Å². The molecule has 1 aliphatic carbocycles. The Kier molecular flexibility index (Phi) is 6.50. The normalized spacial score (nSPS) is 16.1. The molecule has 1 fully saturated rings. The van der Waals surface area contributed by atoms with Crippen LogP contribution in [0.15, 0.2) is 18.2 Å². The molecule has 0 amide bonds. The van der Waals surface area contributed by atoms with Crippen molar-refractivity contribution in [1.82, 2.24) is 5.32 Å². The Bertz CT molecular complexity index is 427. The van der Waals surface area contributed by atoms with Gasteiger partial charge in [-0.25, -0.2) is 4.39 Å². The number of benzene rings is 1. The van der Waals surface area contributed by atoms with E-state index < -0.39 is 0 Å². The Labute approximate surface area is 128 Å². The molecule has 0 saturated heterocycles. The minimum atomic E-state index is -0.0711. The van der Waals surface area contributed by atoms with Gasteiger partial charge < -0.3 is 10.2 Å². The van der Waals surface area contributed by atoms with Crippen LogP contribution in [0.3, 0.4) is 0 Å². The fourth-order valence-electron chi connectivity index (χ4n) is 3.42. The molecule has 21 heavy (non-hydrogen) atoms. The molecule has 1 aromatic carbocycles. The molecule has 2 rings (SSSR count). The first-order valence-electron chi connectivity index (χ1n) is 8.52. The number of nitrogens with zero attached hydrogens (tertiary/aromatic N) is 1. The van der Waals surface area contributed by atoms with Crippen LogP contribution in [-0.2, 0) is 6.54 Å². The van der Waals surface area contributed by atoms with Gasteiger partial charge in [0.25, 0.3) is 0 Å². The zero-order valence-corrected chi connectivity index (χ0v) is 13.5. The van der Waals surface area contributed by atoms with Crippen LogP contribution in [0.4, 0.5) is 10.1 Å². The van der Waals surface area contributed by atoms with Gasteiger partial charge in [0.15, 0.2) is 0 Å². The van der Waals surface area contributed by atoms with E-state index in [-0.39, 0.29) is 5.82 Å². The van der Waals surface area contributed by atoms with E-state index in [0.717, 1.165) is 37.3 Å². The molecule has 0 atom stereocenters. The Morgan fingerprint density at radius 2 is 1.95 bits per heavy atom. The zero-order valence-electron chi connectivity index (χ0n) is 13.5. The molecule has 0 spiro atoms. The molecule has 0 radical (unpaired) electrons. The van der Waals surface area contributed by atoms with Crippen molar-refractivity contribution >= 4 is 5.69 Å². The number of anilines is 1. The van der Waals surface area contributed by atoms with Crippen LogP contribution >= 0.6 is 0 Å². The van der Waals surface area contributed by atoms with Crippen molar-refractivity contribution in [3.8, 4) is 0 Å². The predicted octanol–water partition coefficient (Wildman–Crippen LogP) is 4.48. The van der Waals surface area contributed by atoms with Crippen molar-refractivity contribution < 1.29 is 4.39 Å². The summed E-state index contributed by atoms with van der Waals surface area (Å²) in [5.74, 6) is -0.0711. The molecule has 0 unspecified atom stereocenters. The van der Waals surface area contributed by atoms with Gasteiger partial charge in [-0.3, -0.25) is 0 Å². The highest BCUT2D eigenvalue weighted by Crippen LogP contribution is 2.31. The van der Waals surface area contributed by atoms with Crippen molar-refractivity contribution in [2.45, 2.75) is 65.0 Å². The van der Waals surface area contributed by atoms with Crippen molar-refractivity contribution in [2.75, 3.05) is 18.0 Å². The summed E-state index contributed by atoms with van der Waals surface area (Å²) in [5.41, 5.74) is 1.92. The monoisotopic (exact) mass is 292 g/mol. The van der Waals surface area contributed by atoms with Crippen molar-refractivity contribution in [3.05, 3.63) is 29.6 Å². The number of halogens is 1. The van der Waals surface area contributed by atoms with E-state index in [4.69, 9.17) is 0 Å². The SMILES string of the molecule is CCCNCc1cccc(F)c1N(CC)C1CCCCC1. The summed E-state index contributed by atoms with van der Waals surface area (Å²) >= 11 is 0. The van der Waals surface area contributed by atoms with E-state index in [0.29, 0.717) is 6.04 Å². The topological polar surface area (TPSA) is 15.3 Å². The third-order valence-corrected chi connectivity index (χ3v) is 4.46. The zero-order chi connectivity index (χ0) is 15.1. The first-order valence-corrected chi connectivity index (χ1v) is 8.52. The van der Waals surface area contributed by atoms with E-state index in [1.165, 1.54) is 32.1 Å². The van der Waals surface area contributed by atoms with E-state index >= 15 is 0 Å². The van der Waals surface area contributed by atoms with Crippen molar-refractivity contribution in [3.63, 3.8) is 0 Å². The first kappa shape index (κ1) is 16.3. The summed E-state index contributed by atoms with van der Waals surface area (Å²) in [6, 6.07) is 6.00. The number of para-hydroxylation sites is 1. The number of hydrogen-bond donors (Lipinski definition) is 1. The van der Waals surface area contributed by atoms with E-state index in [1.807, 2.05) is 6.07 Å². The van der Waals surface area contributed by atoms with Gasteiger partial charge in [0.1, 0.15) is 5.82 Å². The second-order valence-corrected chi connectivity index (χ2v) is 6.00. The van der Waals surface area contributed by atoms with Crippen LogP contribution in [0.5, 0.6) is 0 Å². The quantitative estimate of drug-likeness (QED) is 0.745. The average molecular weight is 292 g/mol. The summed E-state index contributed by atoms with van der Waals surface area (Å²) in [4.78, 5) is 2.30. The molecular formula is C18H29FN2. The summed E-state index contributed by atoms with van der Waals surface area (Å²) in [6.45, 7) is 6.91. The molecule has 2 nitrogen and oxygen atoms in total. The third kappa shape index (κ3) is 4.19. The Morgan fingerprint density at radius 3 is 2.62 bits per heavy atom. The van der Waals surface area contributed by atoms with Crippen molar-refractivity contribution in [1.29, 1.82) is 0 Å². The molecule has 0 heterocycles. The minimum absolute atomic E-state index is 0.0711. The smallest absolute Gasteiger partial charge is 0.146 e. The molecule has 1 saturated carbocycles. The standard InChI is InChI=1S/C18H29FN2/c1-3-13-20-14-15-9-8-12-17(19)18(15)21(4-2)16-10-6-5-7-11-16/h8-9,12,16,20H,3-7,10-11,13-14H2,1-2H3. The summed E-state index contributed by atoms with van der Waals surface area (Å²) in [5, 5.41) is 3.41. The molecule has 118 valence electrons. The van der Waals surface area contributed by atoms with Gasteiger partial charge in [0, 0.05) is 19.1 Å². The molecule has 3 heteroatoms. The van der Waals surface area contributed by atoms with Gasteiger partial charge in [0.05, 0.1) is 5.69 Å². The average Bonchev–Trinajstić information content (AvgIpc) is 2.52. The minimum Gasteiger partial charge on any atom is -0.366 e. The summed E-state index contributed by atoms with van der Waals surface area (Å²) in [6.07, 6.45) is 7.38. The second-order valence-electron chi connectivity index (χ2n) is 6.00. The van der Waals surface area contributed by atoms with Gasteiger partial charge in [0.2, 0.25) is 0 Å². The second kappa shape index (κ2) is 8.38. The molecule has 0 aliphatic heterocycles. The number of nitrogens with one attached hydrogen (secondary N) is 1. The lowest BCUT2D eigenvalue weighted by atomic mass is 9.93. The third-order valence-electron chi connectivity index (χ3n) is 4.46. The van der Waals surface area contributed by atoms with Gasteiger partial charge in [-0.2, -0.15) is 0 Å². The summed E-state index contributed by atoms with van der Waals surface area (Å²) in [7, 11) is 0. The summed E-state index contributed by atoms with van der Waals surface area (Å²) < 4.78 is 14.5. The number of hydrogen-bond acceptors (Lipinski definition) is 2. The van der Waals surface area contributed by atoms with Crippen LogP contribution in [-0.4, -0.2) is 19.1 Å². The molecule has 1 aliphatic rings. The molecule has 0 aromatic heterocycles. The van der Waals surface area contributed by atoms with Crippen molar-refractivity contribution in [2.24, 2.45) is 0 Å². The van der Waals surface area contributed by atoms with Gasteiger partial charge in [-0.15, -0.1) is 0 Å². The van der Waals surface area contributed by atoms with Crippen LogP contribution in [0, 0.1) is 5.82 Å². The molecular weight excluding hydrogens is 263 g/mol. The highest BCUT2D eigenvalue weighted by Gasteiger charge is 2.24. The fourth-order valence-corrected chi connectivity index (χ4v) is 3.42. The van der Waals surface area contributed by atoms with Crippen LogP contribution < -0.4 is 10.2 Å². The van der Waals surface area contributed by atoms with E-state index in [9.17, 15) is 4.39 Å². The lowest BCUT2D eigenvalue weighted by Gasteiger charge is -2.36. The lowest BCUT2D eigenvalue weighted by molar-refractivity contribution is 0.413. The van der Waals surface area contributed by atoms with Crippen LogP contribution in [0.2, 0.25) is 0 Å². The van der Waals surface area contributed by atoms with Gasteiger partial charge in [-0.1, -0.05) is 38.3 Å². The molecule has 0 bridgehead atoms. The van der Waals surface area contributed by atoms with Crippen LogP contribution in [0.25, 0.3) is 0 Å². The first-order chi connectivity index (χ1) is 10.3. The number of rotatable bonds is 7. The fraction of sp³-hybridized carbons (Fsp3) is 0.667. The van der Waals surface area contributed by atoms with E-state index in [1.54, 1.807) is 6.07 Å². The largest absolute Gasteiger partial charge is 0.366 e. The Balaban J connectivity index is 2.21. The molecule has 1 N–H and O–H groups in total. The Morgan fingerprint density at radius 1 is 1.19 bits per heavy atom. The molecule has 1 aromatic rings. The lowest BCUT2D eigenvalue weighted by Crippen LogP contribution is -2.38. The van der Waals surface area contributed by atoms with Gasteiger partial charge in [-0.05, 0) is 44.4 Å². The maximum absolute atomic E-state index is 14.5. The highest BCUT2D eigenvalue weighted by atomic mass is 19.1. The maximum atomic E-state index is 14.5. The maximum Gasteiger partial charge on any atom is 0.146 e.